The van der Waals surface area contributed by atoms with Crippen LogP contribution in [0.15, 0.2) is 61.8 Å². The molecule has 0 aliphatic heterocycles. The Balaban J connectivity index is 2.32. The highest BCUT2D eigenvalue weighted by Crippen LogP contribution is 2.39. The smallest absolute Gasteiger partial charge is 0.301 e. The number of phenols is 1. The van der Waals surface area contributed by atoms with E-state index in [-0.39, 0.29) is 16.5 Å². The second-order valence-electron chi connectivity index (χ2n) is 5.84. The summed E-state index contributed by atoms with van der Waals surface area (Å²) >= 11 is 3.25. The fraction of sp³-hybridized carbons (Fsp3) is 0. The molecule has 0 aliphatic carbocycles. The summed E-state index contributed by atoms with van der Waals surface area (Å²) in [5.74, 6) is -0.705. The van der Waals surface area contributed by atoms with E-state index in [9.17, 15) is 31.0 Å². The summed E-state index contributed by atoms with van der Waals surface area (Å²) in [6.07, 6.45) is 0. The number of nitrogens with zero attached hydrogens (tertiary/aromatic N) is 1. The molecule has 0 radical (unpaired) electrons. The Morgan fingerprint density at radius 3 is 2.24 bits per heavy atom. The van der Waals surface area contributed by atoms with Crippen molar-refractivity contribution in [3.05, 3.63) is 46.9 Å². The summed E-state index contributed by atoms with van der Waals surface area (Å²) in [4.78, 5) is -1.51. The average molecular weight is 502 g/mol. The van der Waals surface area contributed by atoms with Crippen LogP contribution >= 0.6 is 15.9 Å². The van der Waals surface area contributed by atoms with E-state index < -0.39 is 41.5 Å². The number of nitrogen functional groups attached to an aromatic ring is 1. The van der Waals surface area contributed by atoms with Crippen LogP contribution in [-0.4, -0.2) is 31.0 Å². The molecule has 3 aromatic rings. The Labute approximate surface area is 173 Å². The summed E-state index contributed by atoms with van der Waals surface area (Å²) in [5, 5.41) is 16.6. The molecule has 5 N–H and O–H groups in total. The normalized spacial score (nSPS) is 12.7. The standard InChI is InChI=1S/C16H12BrN3O7S2/c17-9-1-3-10(4-2-9)19-20-15-13(29(25,26)27)6-8-5-11(28(22,23)24)7-12(18)14(8)16(15)21/h1-7,21H,18H2,(H,22,23,24)(H,25,26,27). The first kappa shape index (κ1) is 21.1. The highest BCUT2D eigenvalue weighted by atomic mass is 79.9. The van der Waals surface area contributed by atoms with Crippen molar-refractivity contribution in [1.29, 1.82) is 0 Å². The van der Waals surface area contributed by atoms with Crippen molar-refractivity contribution in [2.24, 2.45) is 5.11 Å². The average Bonchev–Trinajstić information content (AvgIpc) is 2.60. The first-order valence-electron chi connectivity index (χ1n) is 7.63. The largest absolute Gasteiger partial charge is 0.744 e. The van der Waals surface area contributed by atoms with Crippen molar-refractivity contribution in [2.45, 2.75) is 9.79 Å². The van der Waals surface area contributed by atoms with Gasteiger partial charge in [0.05, 0.1) is 10.3 Å². The highest BCUT2D eigenvalue weighted by Gasteiger charge is 2.28. The number of halogens is 1. The second-order valence-corrected chi connectivity index (χ2v) is 9.52. The molecule has 13 heteroatoms. The Hall–Kier alpha value is -2.58. The van der Waals surface area contributed by atoms with Gasteiger partial charge in [0.2, 0.25) is 5.75 Å². The molecule has 0 unspecified atom stereocenters. The first-order valence-corrected chi connectivity index (χ1v) is 11.3. The maximum absolute atomic E-state index is 11.8. The number of anilines is 1. The van der Waals surface area contributed by atoms with Gasteiger partial charge in [0.25, 0.3) is 5.69 Å². The number of aromatic hydroxyl groups is 1. The summed E-state index contributed by atoms with van der Waals surface area (Å²) in [6, 6.07) is 9.07. The third kappa shape index (κ3) is 4.38. The molecule has 29 heavy (non-hydrogen) atoms. The van der Waals surface area contributed by atoms with Crippen LogP contribution in [0.25, 0.3) is 10.8 Å². The van der Waals surface area contributed by atoms with E-state index in [1.807, 2.05) is 0 Å². The maximum Gasteiger partial charge on any atom is 0.301 e. The minimum absolute atomic E-state index is 0.127. The molecule has 0 saturated heterocycles. The predicted molar refractivity (Wildman–Crippen MR) is 105 cm³/mol. The van der Waals surface area contributed by atoms with E-state index in [4.69, 9.17) is 5.73 Å². The zero-order valence-electron chi connectivity index (χ0n) is 14.2. The Morgan fingerprint density at radius 2 is 1.69 bits per heavy atom. The minimum Gasteiger partial charge on any atom is -0.744 e. The van der Waals surface area contributed by atoms with E-state index in [0.29, 0.717) is 5.69 Å². The maximum atomic E-state index is 11.8. The number of nitrogens with two attached hydrogens (primary N) is 1. The zero-order chi connectivity index (χ0) is 21.6. The van der Waals surface area contributed by atoms with Crippen LogP contribution in [0.4, 0.5) is 17.1 Å². The molecule has 0 heterocycles. The molecule has 3 rings (SSSR count). The lowest BCUT2D eigenvalue weighted by Gasteiger charge is -2.12. The van der Waals surface area contributed by atoms with Gasteiger partial charge < -0.3 is 15.4 Å². The SMILES string of the molecule is Nc1cc(S(=O)(=O)[O-])cc2cc(S(=O)(=O)O)c([NH+]=Nc3ccc(Br)cc3)c(O)c12. The lowest BCUT2D eigenvalue weighted by atomic mass is 10.1. The van der Waals surface area contributed by atoms with Crippen molar-refractivity contribution in [3.63, 3.8) is 0 Å². The molecule has 0 aromatic heterocycles. The molecule has 0 atom stereocenters. The molecule has 0 aliphatic rings. The van der Waals surface area contributed by atoms with Crippen molar-refractivity contribution < 1.29 is 36.2 Å². The van der Waals surface area contributed by atoms with Crippen molar-refractivity contribution in [3.8, 4) is 5.75 Å². The molecular weight excluding hydrogens is 490 g/mol. The van der Waals surface area contributed by atoms with E-state index in [2.05, 4.69) is 26.2 Å². The molecular formula is C16H12BrN3O7S2. The number of hydrogen-bond acceptors (Lipinski definition) is 8. The van der Waals surface area contributed by atoms with Gasteiger partial charge >= 0.3 is 10.1 Å². The first-order chi connectivity index (χ1) is 13.4. The molecule has 0 saturated carbocycles. The highest BCUT2D eigenvalue weighted by molar-refractivity contribution is 9.10. The van der Waals surface area contributed by atoms with Crippen molar-refractivity contribution in [1.82, 2.24) is 0 Å². The van der Waals surface area contributed by atoms with Crippen LogP contribution in [-0.2, 0) is 20.2 Å². The van der Waals surface area contributed by atoms with Gasteiger partial charge in [-0.05, 0) is 53.0 Å². The van der Waals surface area contributed by atoms with Gasteiger partial charge in [-0.2, -0.15) is 8.42 Å². The van der Waals surface area contributed by atoms with Gasteiger partial charge in [-0.3, -0.25) is 4.55 Å². The Bertz CT molecular complexity index is 1370. The zero-order valence-corrected chi connectivity index (χ0v) is 17.4. The van der Waals surface area contributed by atoms with Gasteiger partial charge in [0.1, 0.15) is 15.8 Å². The molecule has 0 amide bonds. The Morgan fingerprint density at radius 1 is 1.07 bits per heavy atom. The third-order valence-corrected chi connectivity index (χ3v) is 6.09. The fourth-order valence-electron chi connectivity index (χ4n) is 2.59. The van der Waals surface area contributed by atoms with Gasteiger partial charge in [0, 0.05) is 10.2 Å². The number of hydrogen-bond donors (Lipinski definition) is 4. The quantitative estimate of drug-likeness (QED) is 0.179. The molecule has 0 fully saturated rings. The predicted octanol–water partition coefficient (Wildman–Crippen LogP) is 1.54. The molecule has 0 spiro atoms. The van der Waals surface area contributed by atoms with Crippen LogP contribution in [0, 0.1) is 0 Å². The van der Waals surface area contributed by atoms with E-state index in [1.54, 1.807) is 24.3 Å². The van der Waals surface area contributed by atoms with Gasteiger partial charge in [-0.25, -0.2) is 8.42 Å². The second kappa shape index (κ2) is 7.35. The number of phenolic OH excluding ortho intramolecular Hbond substituents is 1. The van der Waals surface area contributed by atoms with Gasteiger partial charge in [-0.15, -0.1) is 0 Å². The van der Waals surface area contributed by atoms with Gasteiger partial charge in [0.15, 0.2) is 4.90 Å². The molecule has 10 nitrogen and oxygen atoms in total. The topological polar surface area (TPSA) is 184 Å². The van der Waals surface area contributed by atoms with Crippen LogP contribution in [0.2, 0.25) is 0 Å². The van der Waals surface area contributed by atoms with Crippen LogP contribution in [0.3, 0.4) is 0 Å². The number of rotatable bonds is 4. The Kier molecular flexibility index (Phi) is 5.36. The van der Waals surface area contributed by atoms with Gasteiger partial charge in [-0.1, -0.05) is 21.0 Å². The summed E-state index contributed by atoms with van der Waals surface area (Å²) in [5.41, 5.74) is 5.37. The molecule has 152 valence electrons. The van der Waals surface area contributed by atoms with Crippen molar-refractivity contribution in [2.75, 3.05) is 5.73 Å². The number of azo groups is 1. The summed E-state index contributed by atoms with van der Waals surface area (Å²) in [7, 11) is -9.78. The van der Waals surface area contributed by atoms with E-state index in [0.717, 1.165) is 22.7 Å². The lowest BCUT2D eigenvalue weighted by molar-refractivity contribution is -0.436. The number of nitrogens with one attached hydrogen (secondary N) is 1. The summed E-state index contributed by atoms with van der Waals surface area (Å²) in [6.45, 7) is 0. The van der Waals surface area contributed by atoms with E-state index >= 15 is 0 Å². The van der Waals surface area contributed by atoms with Crippen LogP contribution in [0.5, 0.6) is 5.75 Å². The van der Waals surface area contributed by atoms with Crippen LogP contribution < -0.4 is 10.8 Å². The molecule has 0 bridgehead atoms. The van der Waals surface area contributed by atoms with Crippen LogP contribution in [0.1, 0.15) is 0 Å². The van der Waals surface area contributed by atoms with E-state index in [1.165, 1.54) is 0 Å². The third-order valence-electron chi connectivity index (χ3n) is 3.87. The minimum atomic E-state index is -4.90. The number of fused-ring (bicyclic) bond motifs is 1. The number of benzene rings is 3. The lowest BCUT2D eigenvalue weighted by Crippen LogP contribution is -2.58. The monoisotopic (exact) mass is 501 g/mol. The summed E-state index contributed by atoms with van der Waals surface area (Å²) < 4.78 is 67.8. The van der Waals surface area contributed by atoms with Crippen molar-refractivity contribution >= 4 is 64.0 Å². The molecule has 3 aromatic carbocycles. The fourth-order valence-corrected chi connectivity index (χ4v) is 4.08.